The molecule has 1 fully saturated rings. The third-order valence-corrected chi connectivity index (χ3v) is 7.09. The van der Waals surface area contributed by atoms with Crippen LogP contribution < -0.4 is 5.32 Å². The van der Waals surface area contributed by atoms with Crippen LogP contribution in [0, 0.1) is 0 Å². The third kappa shape index (κ3) is 6.36. The van der Waals surface area contributed by atoms with E-state index in [1.165, 1.54) is 6.92 Å². The lowest BCUT2D eigenvalue weighted by molar-refractivity contribution is -0.143. The lowest BCUT2D eigenvalue weighted by Gasteiger charge is -2.56. The fourth-order valence-electron chi connectivity index (χ4n) is 5.25. The highest BCUT2D eigenvalue weighted by molar-refractivity contribution is 5.35. The minimum atomic E-state index is -4.90. The van der Waals surface area contributed by atoms with Crippen molar-refractivity contribution < 1.29 is 31.1 Å². The highest BCUT2D eigenvalue weighted by Crippen LogP contribution is 2.51. The second-order valence-electron chi connectivity index (χ2n) is 10.2. The van der Waals surface area contributed by atoms with Crippen molar-refractivity contribution in [3.05, 3.63) is 107 Å². The first-order chi connectivity index (χ1) is 17.3. The molecular weight excluding hydrogens is 492 g/mol. The van der Waals surface area contributed by atoms with Crippen molar-refractivity contribution in [2.75, 3.05) is 6.61 Å². The SMILES string of the molecule is CC(OCC1(c2ccccc2)CC(C)(NCc2ccccc2)C1)c1cc(C(F)(F)F)cc(C(F)(F)F)c1. The maximum atomic E-state index is 13.3. The second kappa shape index (κ2) is 10.1. The molecule has 37 heavy (non-hydrogen) atoms. The molecule has 0 amide bonds. The van der Waals surface area contributed by atoms with Gasteiger partial charge in [-0.3, -0.25) is 0 Å². The molecule has 0 radical (unpaired) electrons. The molecule has 0 spiro atoms. The van der Waals surface area contributed by atoms with Crippen LogP contribution in [-0.4, -0.2) is 12.1 Å². The molecule has 4 rings (SSSR count). The van der Waals surface area contributed by atoms with Crippen molar-refractivity contribution in [3.8, 4) is 0 Å². The molecule has 3 aromatic rings. The van der Waals surface area contributed by atoms with Gasteiger partial charge in [-0.1, -0.05) is 60.7 Å². The van der Waals surface area contributed by atoms with Crippen LogP contribution in [0.15, 0.2) is 78.9 Å². The predicted molar refractivity (Wildman–Crippen MR) is 130 cm³/mol. The van der Waals surface area contributed by atoms with Crippen LogP contribution in [0.3, 0.4) is 0 Å². The van der Waals surface area contributed by atoms with E-state index in [1.54, 1.807) is 0 Å². The number of halogens is 6. The number of hydrogen-bond donors (Lipinski definition) is 1. The van der Waals surface area contributed by atoms with Crippen LogP contribution in [0.2, 0.25) is 0 Å². The zero-order valence-electron chi connectivity index (χ0n) is 20.6. The minimum absolute atomic E-state index is 0.136. The van der Waals surface area contributed by atoms with E-state index in [0.717, 1.165) is 23.3 Å². The molecule has 1 N–H and O–H groups in total. The van der Waals surface area contributed by atoms with Crippen LogP contribution in [0.4, 0.5) is 26.3 Å². The van der Waals surface area contributed by atoms with Gasteiger partial charge in [0.05, 0.1) is 23.8 Å². The van der Waals surface area contributed by atoms with E-state index in [2.05, 4.69) is 12.2 Å². The largest absolute Gasteiger partial charge is 0.416 e. The Balaban J connectivity index is 1.52. The summed E-state index contributed by atoms with van der Waals surface area (Å²) >= 11 is 0. The topological polar surface area (TPSA) is 21.3 Å². The Morgan fingerprint density at radius 1 is 0.811 bits per heavy atom. The zero-order chi connectivity index (χ0) is 26.9. The van der Waals surface area contributed by atoms with Crippen molar-refractivity contribution in [2.24, 2.45) is 0 Å². The number of rotatable bonds is 8. The van der Waals surface area contributed by atoms with Crippen molar-refractivity contribution >= 4 is 0 Å². The smallest absolute Gasteiger partial charge is 0.373 e. The molecular formula is C29H29F6NO. The quantitative estimate of drug-likeness (QED) is 0.303. The summed E-state index contributed by atoms with van der Waals surface area (Å²) in [6.07, 6.45) is -9.35. The maximum Gasteiger partial charge on any atom is 0.416 e. The van der Waals surface area contributed by atoms with E-state index >= 15 is 0 Å². The summed E-state index contributed by atoms with van der Waals surface area (Å²) < 4.78 is 86.0. The molecule has 0 aromatic heterocycles. The fourth-order valence-corrected chi connectivity index (χ4v) is 5.25. The molecule has 1 aliphatic carbocycles. The highest BCUT2D eigenvalue weighted by atomic mass is 19.4. The molecule has 3 aromatic carbocycles. The first-order valence-electron chi connectivity index (χ1n) is 12.1. The average Bonchev–Trinajstić information content (AvgIpc) is 2.84. The molecule has 0 bridgehead atoms. The van der Waals surface area contributed by atoms with Crippen LogP contribution >= 0.6 is 0 Å². The second-order valence-corrected chi connectivity index (χ2v) is 10.2. The van der Waals surface area contributed by atoms with Gasteiger partial charge in [0, 0.05) is 17.5 Å². The minimum Gasteiger partial charge on any atom is -0.373 e. The van der Waals surface area contributed by atoms with E-state index in [0.29, 0.717) is 19.4 Å². The normalized spacial score (nSPS) is 22.9. The van der Waals surface area contributed by atoms with E-state index < -0.39 is 35.0 Å². The van der Waals surface area contributed by atoms with Crippen LogP contribution in [-0.2, 0) is 29.0 Å². The van der Waals surface area contributed by atoms with Crippen molar-refractivity contribution in [3.63, 3.8) is 0 Å². The van der Waals surface area contributed by atoms with Gasteiger partial charge in [0.1, 0.15) is 0 Å². The number of benzene rings is 3. The van der Waals surface area contributed by atoms with Crippen LogP contribution in [0.1, 0.15) is 60.6 Å². The van der Waals surface area contributed by atoms with Gasteiger partial charge in [0.25, 0.3) is 0 Å². The monoisotopic (exact) mass is 521 g/mol. The lowest BCUT2D eigenvalue weighted by Crippen LogP contribution is -2.62. The summed E-state index contributed by atoms with van der Waals surface area (Å²) in [7, 11) is 0. The molecule has 1 unspecified atom stereocenters. The number of nitrogens with one attached hydrogen (secondary N) is 1. The standard InChI is InChI=1S/C29H29F6NO/c1-20(22-13-24(28(30,31)32)15-25(14-22)29(33,34)35)37-19-27(23-11-7-4-8-12-23)17-26(2,18-27)36-16-21-9-5-3-6-10-21/h3-15,20,36H,16-19H2,1-2H3. The third-order valence-electron chi connectivity index (χ3n) is 7.09. The Bertz CT molecular complexity index is 1150. The van der Waals surface area contributed by atoms with Gasteiger partial charge in [0.2, 0.25) is 0 Å². The Kier molecular flexibility index (Phi) is 7.45. The van der Waals surface area contributed by atoms with Crippen molar-refractivity contribution in [2.45, 2.75) is 62.6 Å². The first kappa shape index (κ1) is 27.2. The van der Waals surface area contributed by atoms with Gasteiger partial charge in [-0.2, -0.15) is 26.3 Å². The Hall–Kier alpha value is -2.84. The van der Waals surface area contributed by atoms with Crippen molar-refractivity contribution in [1.29, 1.82) is 0 Å². The Labute approximate surface area is 212 Å². The summed E-state index contributed by atoms with van der Waals surface area (Å²) in [5, 5.41) is 3.60. The summed E-state index contributed by atoms with van der Waals surface area (Å²) in [6.45, 7) is 4.45. The highest BCUT2D eigenvalue weighted by Gasteiger charge is 2.53. The maximum absolute atomic E-state index is 13.3. The summed E-state index contributed by atoms with van der Waals surface area (Å²) in [4.78, 5) is 0. The number of alkyl halides is 6. The first-order valence-corrected chi connectivity index (χ1v) is 12.1. The van der Waals surface area contributed by atoms with Gasteiger partial charge in [-0.15, -0.1) is 0 Å². The van der Waals surface area contributed by atoms with Crippen molar-refractivity contribution in [1.82, 2.24) is 5.32 Å². The Morgan fingerprint density at radius 3 is 1.84 bits per heavy atom. The lowest BCUT2D eigenvalue weighted by atomic mass is 9.55. The van der Waals surface area contributed by atoms with E-state index in [9.17, 15) is 26.3 Å². The summed E-state index contributed by atoms with van der Waals surface area (Å²) in [5.74, 6) is 0. The molecule has 2 nitrogen and oxygen atoms in total. The average molecular weight is 522 g/mol. The van der Waals surface area contributed by atoms with E-state index in [4.69, 9.17) is 4.74 Å². The molecule has 8 heteroatoms. The predicted octanol–water partition coefficient (Wildman–Crippen LogP) is 8.08. The van der Waals surface area contributed by atoms with E-state index in [1.807, 2.05) is 60.7 Å². The van der Waals surface area contributed by atoms with Crippen LogP contribution in [0.25, 0.3) is 0 Å². The molecule has 0 heterocycles. The molecule has 0 saturated heterocycles. The van der Waals surface area contributed by atoms with Gasteiger partial charge < -0.3 is 10.1 Å². The Morgan fingerprint density at radius 2 is 1.32 bits per heavy atom. The summed E-state index contributed by atoms with van der Waals surface area (Å²) in [6, 6.07) is 21.3. The number of hydrogen-bond acceptors (Lipinski definition) is 2. The molecule has 0 aliphatic heterocycles. The van der Waals surface area contributed by atoms with Gasteiger partial charge in [-0.25, -0.2) is 0 Å². The zero-order valence-corrected chi connectivity index (χ0v) is 20.6. The fraction of sp³-hybridized carbons (Fsp3) is 0.379. The molecule has 1 aliphatic rings. The van der Waals surface area contributed by atoms with E-state index in [-0.39, 0.29) is 23.8 Å². The summed E-state index contributed by atoms with van der Waals surface area (Å²) in [5.41, 5.74) is -1.27. The molecule has 1 saturated carbocycles. The van der Waals surface area contributed by atoms with Gasteiger partial charge in [-0.05, 0) is 61.6 Å². The van der Waals surface area contributed by atoms with Gasteiger partial charge >= 0.3 is 12.4 Å². The molecule has 1 atom stereocenters. The van der Waals surface area contributed by atoms with Gasteiger partial charge in [0.15, 0.2) is 0 Å². The van der Waals surface area contributed by atoms with Crippen LogP contribution in [0.5, 0.6) is 0 Å². The molecule has 198 valence electrons. The number of ether oxygens (including phenoxy) is 1.